The molecule has 3 aromatic carbocycles. The summed E-state index contributed by atoms with van der Waals surface area (Å²) in [6.45, 7) is 1.47. The Kier molecular flexibility index (Phi) is 5.21. The standard InChI is InChI=1S/C25H20F2N2O2S/c1-16(30)29-25(32-24(28-29)14-18-13-19(26)11-12-21(18)27)15-23(17-7-3-2-4-8-17)31-22-10-6-5-9-20(22)25/h2-13,23H,14-15H2,1H3. The third-order valence-electron chi connectivity index (χ3n) is 5.70. The quantitative estimate of drug-likeness (QED) is 0.507. The Morgan fingerprint density at radius 3 is 2.66 bits per heavy atom. The molecule has 7 heteroatoms. The van der Waals surface area contributed by atoms with Gasteiger partial charge in [-0.15, -0.1) is 0 Å². The van der Waals surface area contributed by atoms with Crippen molar-refractivity contribution < 1.29 is 18.3 Å². The molecule has 0 N–H and O–H groups in total. The van der Waals surface area contributed by atoms with Crippen LogP contribution in [0.1, 0.15) is 36.1 Å². The molecular weight excluding hydrogens is 430 g/mol. The van der Waals surface area contributed by atoms with E-state index in [9.17, 15) is 13.6 Å². The number of thioether (sulfide) groups is 1. The minimum Gasteiger partial charge on any atom is -0.485 e. The predicted octanol–water partition coefficient (Wildman–Crippen LogP) is 5.79. The number of carbonyl (C=O) groups is 1. The van der Waals surface area contributed by atoms with Crippen LogP contribution in [0.5, 0.6) is 5.75 Å². The van der Waals surface area contributed by atoms with Gasteiger partial charge in [0.25, 0.3) is 0 Å². The van der Waals surface area contributed by atoms with E-state index in [0.717, 1.165) is 23.3 Å². The molecule has 2 unspecified atom stereocenters. The largest absolute Gasteiger partial charge is 0.485 e. The van der Waals surface area contributed by atoms with Crippen molar-refractivity contribution in [2.24, 2.45) is 5.10 Å². The van der Waals surface area contributed by atoms with Gasteiger partial charge in [-0.25, -0.2) is 13.8 Å². The van der Waals surface area contributed by atoms with E-state index in [1.54, 1.807) is 0 Å². The maximum atomic E-state index is 14.3. The monoisotopic (exact) mass is 450 g/mol. The molecule has 2 heterocycles. The Morgan fingerprint density at radius 1 is 1.12 bits per heavy atom. The highest BCUT2D eigenvalue weighted by atomic mass is 32.2. The zero-order valence-electron chi connectivity index (χ0n) is 17.3. The van der Waals surface area contributed by atoms with Gasteiger partial charge in [0.05, 0.1) is 0 Å². The van der Waals surface area contributed by atoms with Crippen LogP contribution in [0.25, 0.3) is 0 Å². The third-order valence-corrected chi connectivity index (χ3v) is 7.06. The lowest BCUT2D eigenvalue weighted by Crippen LogP contribution is -2.44. The van der Waals surface area contributed by atoms with E-state index >= 15 is 0 Å². The van der Waals surface area contributed by atoms with Crippen LogP contribution in [0.2, 0.25) is 0 Å². The number of fused-ring (bicyclic) bond motifs is 2. The first-order valence-corrected chi connectivity index (χ1v) is 11.1. The highest BCUT2D eigenvalue weighted by molar-refractivity contribution is 8.15. The lowest BCUT2D eigenvalue weighted by molar-refractivity contribution is -0.133. The van der Waals surface area contributed by atoms with E-state index in [2.05, 4.69) is 5.10 Å². The van der Waals surface area contributed by atoms with Crippen LogP contribution in [0.15, 0.2) is 77.9 Å². The normalized spacial score (nSPS) is 21.8. The molecule has 1 amide bonds. The summed E-state index contributed by atoms with van der Waals surface area (Å²) < 4.78 is 34.3. The second-order valence-corrected chi connectivity index (χ2v) is 9.19. The molecule has 0 bridgehead atoms. The average molecular weight is 451 g/mol. The van der Waals surface area contributed by atoms with Gasteiger partial charge < -0.3 is 4.74 Å². The first-order valence-electron chi connectivity index (χ1n) is 10.3. The van der Waals surface area contributed by atoms with E-state index in [1.165, 1.54) is 29.8 Å². The summed E-state index contributed by atoms with van der Waals surface area (Å²) in [7, 11) is 0. The first-order chi connectivity index (χ1) is 15.5. The van der Waals surface area contributed by atoms with E-state index in [4.69, 9.17) is 4.74 Å². The molecule has 0 aliphatic carbocycles. The summed E-state index contributed by atoms with van der Waals surface area (Å²) in [5, 5.41) is 6.60. The number of hydrazone groups is 1. The first kappa shape index (κ1) is 20.7. The summed E-state index contributed by atoms with van der Waals surface area (Å²) in [5.41, 5.74) is 2.04. The summed E-state index contributed by atoms with van der Waals surface area (Å²) >= 11 is 1.41. The van der Waals surface area contributed by atoms with Gasteiger partial charge in [-0.2, -0.15) is 5.10 Å². The molecule has 0 saturated heterocycles. The number of amides is 1. The van der Waals surface area contributed by atoms with Gasteiger partial charge in [0.2, 0.25) is 5.91 Å². The third kappa shape index (κ3) is 3.56. The van der Waals surface area contributed by atoms with Gasteiger partial charge in [0.15, 0.2) is 0 Å². The Labute approximate surface area is 188 Å². The van der Waals surface area contributed by atoms with Crippen molar-refractivity contribution in [2.45, 2.75) is 30.7 Å². The Balaban J connectivity index is 1.57. The van der Waals surface area contributed by atoms with Crippen LogP contribution in [0.3, 0.4) is 0 Å². The topological polar surface area (TPSA) is 41.9 Å². The number of benzene rings is 3. The van der Waals surface area contributed by atoms with Crippen molar-refractivity contribution in [3.05, 3.63) is 101 Å². The second kappa shape index (κ2) is 8.06. The Morgan fingerprint density at radius 2 is 1.88 bits per heavy atom. The fraction of sp³-hybridized carbons (Fsp3) is 0.200. The molecule has 4 nitrogen and oxygen atoms in total. The molecular formula is C25H20F2N2O2S. The molecule has 162 valence electrons. The number of para-hydroxylation sites is 1. The van der Waals surface area contributed by atoms with Crippen molar-refractivity contribution in [2.75, 3.05) is 0 Å². The van der Waals surface area contributed by atoms with Crippen molar-refractivity contribution in [1.29, 1.82) is 0 Å². The highest BCUT2D eigenvalue weighted by Gasteiger charge is 2.53. The maximum Gasteiger partial charge on any atom is 0.241 e. The molecule has 1 spiro atoms. The van der Waals surface area contributed by atoms with Crippen LogP contribution >= 0.6 is 11.8 Å². The number of halogens is 2. The fourth-order valence-electron chi connectivity index (χ4n) is 4.29. The van der Waals surface area contributed by atoms with Gasteiger partial charge in [-0.3, -0.25) is 4.79 Å². The SMILES string of the molecule is CC(=O)N1N=C(Cc2cc(F)ccc2F)SC12CC(c1ccccc1)Oc1ccccc12. The highest BCUT2D eigenvalue weighted by Crippen LogP contribution is 2.57. The second-order valence-electron chi connectivity index (χ2n) is 7.84. The van der Waals surface area contributed by atoms with Gasteiger partial charge in [-0.1, -0.05) is 60.3 Å². The zero-order chi connectivity index (χ0) is 22.3. The van der Waals surface area contributed by atoms with Gasteiger partial charge in [-0.05, 0) is 35.4 Å². The summed E-state index contributed by atoms with van der Waals surface area (Å²) in [4.78, 5) is 11.9. The molecule has 0 saturated carbocycles. The van der Waals surface area contributed by atoms with E-state index in [-0.39, 0.29) is 24.0 Å². The van der Waals surface area contributed by atoms with Crippen molar-refractivity contribution in [3.63, 3.8) is 0 Å². The number of hydrogen-bond acceptors (Lipinski definition) is 4. The molecule has 5 rings (SSSR count). The number of rotatable bonds is 3. The fourth-order valence-corrected chi connectivity index (χ4v) is 5.80. The van der Waals surface area contributed by atoms with Crippen LogP contribution in [0, 0.1) is 11.6 Å². The van der Waals surface area contributed by atoms with Crippen molar-refractivity contribution in [1.82, 2.24) is 5.01 Å². The molecule has 2 aliphatic heterocycles. The lowest BCUT2D eigenvalue weighted by atomic mass is 9.91. The molecule has 3 aromatic rings. The lowest BCUT2D eigenvalue weighted by Gasteiger charge is -2.42. The maximum absolute atomic E-state index is 14.3. The van der Waals surface area contributed by atoms with E-state index in [1.807, 2.05) is 54.6 Å². The molecule has 2 aliphatic rings. The predicted molar refractivity (Wildman–Crippen MR) is 120 cm³/mol. The minimum atomic E-state index is -0.833. The van der Waals surface area contributed by atoms with E-state index in [0.29, 0.717) is 17.2 Å². The van der Waals surface area contributed by atoms with Crippen LogP contribution in [-0.2, 0) is 16.1 Å². The van der Waals surface area contributed by atoms with Gasteiger partial charge in [0.1, 0.15) is 33.4 Å². The Bertz CT molecular complexity index is 1220. The summed E-state index contributed by atoms with van der Waals surface area (Å²) in [6.07, 6.45) is 0.274. The molecule has 0 radical (unpaired) electrons. The molecule has 0 aromatic heterocycles. The van der Waals surface area contributed by atoms with Crippen LogP contribution < -0.4 is 4.74 Å². The van der Waals surface area contributed by atoms with Crippen molar-refractivity contribution >= 4 is 22.7 Å². The minimum absolute atomic E-state index is 0.0960. The number of nitrogens with zero attached hydrogens (tertiary/aromatic N) is 2. The molecule has 0 fully saturated rings. The van der Waals surface area contributed by atoms with E-state index < -0.39 is 16.5 Å². The Hall–Kier alpha value is -3.19. The number of carbonyl (C=O) groups excluding carboxylic acids is 1. The zero-order valence-corrected chi connectivity index (χ0v) is 18.1. The summed E-state index contributed by atoms with van der Waals surface area (Å²) in [5.74, 6) is -0.557. The smallest absolute Gasteiger partial charge is 0.241 e. The molecule has 32 heavy (non-hydrogen) atoms. The number of ether oxygens (including phenoxy) is 1. The van der Waals surface area contributed by atoms with Crippen LogP contribution in [-0.4, -0.2) is 16.0 Å². The summed E-state index contributed by atoms with van der Waals surface area (Å²) in [6, 6.07) is 20.8. The molecule has 2 atom stereocenters. The van der Waals surface area contributed by atoms with Crippen LogP contribution in [0.4, 0.5) is 8.78 Å². The number of hydrogen-bond donors (Lipinski definition) is 0. The van der Waals surface area contributed by atoms with Crippen molar-refractivity contribution in [3.8, 4) is 5.75 Å². The average Bonchev–Trinajstić information content (AvgIpc) is 3.15. The van der Waals surface area contributed by atoms with Gasteiger partial charge in [0, 0.05) is 25.3 Å². The van der Waals surface area contributed by atoms with Gasteiger partial charge >= 0.3 is 0 Å².